The van der Waals surface area contributed by atoms with Crippen LogP contribution in [0.4, 0.5) is 0 Å². The van der Waals surface area contributed by atoms with Crippen LogP contribution >= 0.6 is 27.5 Å². The highest BCUT2D eigenvalue weighted by atomic mass is 79.9. The molecule has 0 bridgehead atoms. The fourth-order valence-electron chi connectivity index (χ4n) is 1.15. The molecule has 0 spiro atoms. The van der Waals surface area contributed by atoms with Crippen molar-refractivity contribution in [3.05, 3.63) is 38.8 Å². The average Bonchev–Trinajstić information content (AvgIpc) is 2.12. The summed E-state index contributed by atoms with van der Waals surface area (Å²) in [5.41, 5.74) is 8.52. The molecule has 0 saturated heterocycles. The minimum absolute atomic E-state index is 0.691. The van der Waals surface area contributed by atoms with Crippen LogP contribution in [-0.4, -0.2) is 0 Å². The fraction of sp³-hybridized carbons (Fsp3) is 0.200. The van der Waals surface area contributed by atoms with Gasteiger partial charge in [0.15, 0.2) is 0 Å². The van der Waals surface area contributed by atoms with E-state index < -0.39 is 0 Å². The lowest BCUT2D eigenvalue weighted by Crippen LogP contribution is -1.99. The number of rotatable bonds is 1. The zero-order valence-electron chi connectivity index (χ0n) is 7.57. The number of hydrogen-bond donors (Lipinski definition) is 1. The number of allylic oxidation sites excluding steroid dienone is 1. The van der Waals surface area contributed by atoms with E-state index in [9.17, 15) is 0 Å². The minimum Gasteiger partial charge on any atom is -0.398 e. The lowest BCUT2D eigenvalue weighted by molar-refractivity contribution is 1.36. The van der Waals surface area contributed by atoms with Crippen molar-refractivity contribution in [2.75, 3.05) is 0 Å². The zero-order valence-corrected chi connectivity index (χ0v) is 9.91. The van der Waals surface area contributed by atoms with Crippen LogP contribution in [0.25, 0.3) is 5.70 Å². The third-order valence-corrected chi connectivity index (χ3v) is 3.12. The van der Waals surface area contributed by atoms with E-state index in [0.29, 0.717) is 10.7 Å². The van der Waals surface area contributed by atoms with Crippen molar-refractivity contribution < 1.29 is 0 Å². The van der Waals surface area contributed by atoms with Gasteiger partial charge in [-0.1, -0.05) is 33.6 Å². The maximum atomic E-state index is 6.03. The molecule has 0 unspecified atom stereocenters. The van der Waals surface area contributed by atoms with Crippen LogP contribution in [0, 0.1) is 6.92 Å². The number of benzene rings is 1. The molecule has 13 heavy (non-hydrogen) atoms. The van der Waals surface area contributed by atoms with Gasteiger partial charge in [-0.3, -0.25) is 0 Å². The van der Waals surface area contributed by atoms with E-state index in [1.807, 2.05) is 32.1 Å². The fourth-order valence-corrected chi connectivity index (χ4v) is 1.80. The second-order valence-electron chi connectivity index (χ2n) is 2.77. The van der Waals surface area contributed by atoms with Crippen molar-refractivity contribution in [1.82, 2.24) is 0 Å². The van der Waals surface area contributed by atoms with E-state index in [1.165, 1.54) is 0 Å². The molecule has 70 valence electrons. The van der Waals surface area contributed by atoms with Crippen LogP contribution in [0.3, 0.4) is 0 Å². The Hall–Kier alpha value is -0.470. The van der Waals surface area contributed by atoms with E-state index in [4.69, 9.17) is 17.3 Å². The van der Waals surface area contributed by atoms with E-state index in [-0.39, 0.29) is 0 Å². The quantitative estimate of drug-likeness (QED) is 0.818. The first kappa shape index (κ1) is 10.6. The molecule has 0 heterocycles. The third kappa shape index (κ3) is 2.06. The summed E-state index contributed by atoms with van der Waals surface area (Å²) in [5.74, 6) is 0. The van der Waals surface area contributed by atoms with Crippen molar-refractivity contribution >= 4 is 33.2 Å². The summed E-state index contributed by atoms with van der Waals surface area (Å²) in [7, 11) is 0. The zero-order chi connectivity index (χ0) is 10.0. The molecule has 1 aromatic rings. The van der Waals surface area contributed by atoms with Crippen LogP contribution < -0.4 is 5.73 Å². The normalized spacial score (nSPS) is 11.8. The van der Waals surface area contributed by atoms with Crippen LogP contribution in [-0.2, 0) is 0 Å². The highest BCUT2D eigenvalue weighted by Gasteiger charge is 2.08. The van der Waals surface area contributed by atoms with Crippen LogP contribution in [0.15, 0.2) is 22.7 Å². The molecular weight excluding hydrogens is 249 g/mol. The Morgan fingerprint density at radius 1 is 1.54 bits per heavy atom. The van der Waals surface area contributed by atoms with Gasteiger partial charge in [0.05, 0.1) is 5.02 Å². The minimum atomic E-state index is 0.691. The van der Waals surface area contributed by atoms with Gasteiger partial charge in [-0.05, 0) is 31.5 Å². The first-order chi connectivity index (χ1) is 6.07. The molecule has 0 aliphatic carbocycles. The molecule has 0 saturated carbocycles. The Balaban J connectivity index is 3.42. The Labute approximate surface area is 91.7 Å². The molecule has 2 N–H and O–H groups in total. The lowest BCUT2D eigenvalue weighted by atomic mass is 10.1. The highest BCUT2D eigenvalue weighted by molar-refractivity contribution is 9.10. The summed E-state index contributed by atoms with van der Waals surface area (Å²) in [6.07, 6.45) is 1.85. The van der Waals surface area contributed by atoms with Crippen molar-refractivity contribution in [1.29, 1.82) is 0 Å². The van der Waals surface area contributed by atoms with Crippen molar-refractivity contribution in [3.8, 4) is 0 Å². The molecular formula is C10H11BrClN. The predicted octanol–water partition coefficient (Wildman–Crippen LogP) is 3.73. The van der Waals surface area contributed by atoms with E-state index in [0.717, 1.165) is 15.6 Å². The van der Waals surface area contributed by atoms with E-state index >= 15 is 0 Å². The maximum Gasteiger partial charge on any atom is 0.0502 e. The molecule has 1 nitrogen and oxygen atoms in total. The molecule has 0 radical (unpaired) electrons. The Morgan fingerprint density at radius 3 is 2.69 bits per heavy atom. The Bertz CT molecular complexity index is 358. The number of halogens is 2. The molecule has 3 heteroatoms. The number of hydrogen-bond acceptors (Lipinski definition) is 1. The average molecular weight is 261 g/mol. The molecule has 0 fully saturated rings. The van der Waals surface area contributed by atoms with Gasteiger partial charge in [-0.25, -0.2) is 0 Å². The monoisotopic (exact) mass is 259 g/mol. The summed E-state index contributed by atoms with van der Waals surface area (Å²) in [6, 6.07) is 3.76. The standard InChI is InChI=1S/C10H11BrClN/c1-3-9(13)10-6(2)7(11)4-5-8(10)12/h3-5H,13H2,1-2H3/b9-3+. The van der Waals surface area contributed by atoms with Gasteiger partial charge < -0.3 is 5.73 Å². The predicted molar refractivity (Wildman–Crippen MR) is 61.7 cm³/mol. The second kappa shape index (κ2) is 4.16. The molecule has 0 atom stereocenters. The van der Waals surface area contributed by atoms with Gasteiger partial charge in [-0.15, -0.1) is 0 Å². The highest BCUT2D eigenvalue weighted by Crippen LogP contribution is 2.29. The molecule has 1 aromatic carbocycles. The van der Waals surface area contributed by atoms with E-state index in [1.54, 1.807) is 0 Å². The summed E-state index contributed by atoms with van der Waals surface area (Å²) in [6.45, 7) is 3.88. The van der Waals surface area contributed by atoms with Crippen LogP contribution in [0.2, 0.25) is 5.02 Å². The summed E-state index contributed by atoms with van der Waals surface area (Å²) < 4.78 is 1.02. The summed E-state index contributed by atoms with van der Waals surface area (Å²) in [4.78, 5) is 0. The lowest BCUT2D eigenvalue weighted by Gasteiger charge is -2.09. The van der Waals surface area contributed by atoms with E-state index in [2.05, 4.69) is 15.9 Å². The topological polar surface area (TPSA) is 26.0 Å². The summed E-state index contributed by atoms with van der Waals surface area (Å²) >= 11 is 9.47. The van der Waals surface area contributed by atoms with Gasteiger partial charge >= 0.3 is 0 Å². The smallest absolute Gasteiger partial charge is 0.0502 e. The van der Waals surface area contributed by atoms with Crippen LogP contribution in [0.1, 0.15) is 18.1 Å². The number of nitrogens with two attached hydrogens (primary N) is 1. The first-order valence-corrected chi connectivity index (χ1v) is 5.11. The van der Waals surface area contributed by atoms with Gasteiger partial charge in [-0.2, -0.15) is 0 Å². The second-order valence-corrected chi connectivity index (χ2v) is 4.03. The molecule has 0 aliphatic heterocycles. The molecule has 1 rings (SSSR count). The van der Waals surface area contributed by atoms with Crippen LogP contribution in [0.5, 0.6) is 0 Å². The van der Waals surface area contributed by atoms with Crippen molar-refractivity contribution in [2.24, 2.45) is 5.73 Å². The van der Waals surface area contributed by atoms with Gasteiger partial charge in [0.1, 0.15) is 0 Å². The first-order valence-electron chi connectivity index (χ1n) is 3.94. The Morgan fingerprint density at radius 2 is 2.15 bits per heavy atom. The van der Waals surface area contributed by atoms with Crippen molar-refractivity contribution in [3.63, 3.8) is 0 Å². The largest absolute Gasteiger partial charge is 0.398 e. The Kier molecular flexibility index (Phi) is 3.40. The SMILES string of the molecule is C/C=C(/N)c1c(Cl)ccc(Br)c1C. The van der Waals surface area contributed by atoms with Gasteiger partial charge in [0.2, 0.25) is 0 Å². The maximum absolute atomic E-state index is 6.03. The molecule has 0 aliphatic rings. The van der Waals surface area contributed by atoms with Gasteiger partial charge in [0, 0.05) is 15.7 Å². The molecule has 0 amide bonds. The third-order valence-electron chi connectivity index (χ3n) is 1.95. The molecule has 0 aromatic heterocycles. The van der Waals surface area contributed by atoms with Crippen molar-refractivity contribution in [2.45, 2.75) is 13.8 Å². The van der Waals surface area contributed by atoms with Gasteiger partial charge in [0.25, 0.3) is 0 Å². The summed E-state index contributed by atoms with van der Waals surface area (Å²) in [5, 5.41) is 0.691.